The van der Waals surface area contributed by atoms with E-state index in [2.05, 4.69) is 29.5 Å². The Labute approximate surface area is 128 Å². The highest BCUT2D eigenvalue weighted by Crippen LogP contribution is 2.28. The molecule has 1 saturated carbocycles. The van der Waals surface area contributed by atoms with Gasteiger partial charge in [-0.2, -0.15) is 0 Å². The van der Waals surface area contributed by atoms with Crippen molar-refractivity contribution in [2.24, 2.45) is 10.9 Å². The first-order valence-corrected chi connectivity index (χ1v) is 6.96. The van der Waals surface area contributed by atoms with Crippen LogP contribution in [0, 0.1) is 5.92 Å². The number of halogens is 1. The summed E-state index contributed by atoms with van der Waals surface area (Å²) in [6, 6.07) is 0. The van der Waals surface area contributed by atoms with Gasteiger partial charge in [-0.05, 0) is 32.1 Å². The summed E-state index contributed by atoms with van der Waals surface area (Å²) in [5.74, 6) is 1.76. The van der Waals surface area contributed by atoms with Gasteiger partial charge in [0.2, 0.25) is 0 Å². The predicted octanol–water partition coefficient (Wildman–Crippen LogP) is 2.39. The quantitative estimate of drug-likeness (QED) is 0.284. The van der Waals surface area contributed by atoms with E-state index < -0.39 is 0 Å². The first-order valence-electron chi connectivity index (χ1n) is 6.96. The summed E-state index contributed by atoms with van der Waals surface area (Å²) in [5.41, 5.74) is 0. The Morgan fingerprint density at radius 3 is 2.67 bits per heavy atom. The van der Waals surface area contributed by atoms with Gasteiger partial charge in [-0.15, -0.1) is 24.0 Å². The van der Waals surface area contributed by atoms with E-state index in [4.69, 9.17) is 4.74 Å². The summed E-state index contributed by atoms with van der Waals surface area (Å²) >= 11 is 0. The molecule has 18 heavy (non-hydrogen) atoms. The molecule has 0 aliphatic heterocycles. The minimum Gasteiger partial charge on any atom is -0.379 e. The van der Waals surface area contributed by atoms with Crippen LogP contribution in [0.1, 0.15) is 39.5 Å². The molecule has 0 unspecified atom stereocenters. The van der Waals surface area contributed by atoms with Crippen LogP contribution in [0.4, 0.5) is 0 Å². The van der Waals surface area contributed by atoms with Crippen molar-refractivity contribution in [2.75, 3.05) is 32.8 Å². The zero-order valence-electron chi connectivity index (χ0n) is 11.7. The van der Waals surface area contributed by atoms with Gasteiger partial charge >= 0.3 is 0 Å². The van der Waals surface area contributed by atoms with Crippen molar-refractivity contribution in [3.63, 3.8) is 0 Å². The van der Waals surface area contributed by atoms with Crippen molar-refractivity contribution in [3.8, 4) is 0 Å². The number of hydrogen-bond donors (Lipinski definition) is 2. The maximum atomic E-state index is 5.57. The molecule has 1 aliphatic rings. The van der Waals surface area contributed by atoms with E-state index in [9.17, 15) is 0 Å². The van der Waals surface area contributed by atoms with Crippen LogP contribution in [-0.2, 0) is 4.74 Å². The second-order valence-electron chi connectivity index (χ2n) is 4.56. The van der Waals surface area contributed by atoms with Crippen LogP contribution < -0.4 is 10.6 Å². The molecule has 2 N–H and O–H groups in total. The van der Waals surface area contributed by atoms with Gasteiger partial charge in [0.1, 0.15) is 0 Å². The molecule has 1 rings (SSSR count). The molecule has 5 heteroatoms. The molecule has 0 aromatic rings. The normalized spacial score (nSPS) is 15.1. The number of guanidine groups is 1. The average Bonchev–Trinajstić information content (AvgIpc) is 3.13. The highest BCUT2D eigenvalue weighted by atomic mass is 127. The number of rotatable bonds is 9. The van der Waals surface area contributed by atoms with Gasteiger partial charge in [-0.1, -0.05) is 13.3 Å². The Bertz CT molecular complexity index is 220. The fourth-order valence-corrected chi connectivity index (χ4v) is 1.47. The maximum Gasteiger partial charge on any atom is 0.191 e. The molecule has 0 bridgehead atoms. The van der Waals surface area contributed by atoms with E-state index in [1.54, 1.807) is 0 Å². The van der Waals surface area contributed by atoms with Gasteiger partial charge in [0.25, 0.3) is 0 Å². The summed E-state index contributed by atoms with van der Waals surface area (Å²) in [5, 5.41) is 6.52. The highest BCUT2D eigenvalue weighted by molar-refractivity contribution is 14.0. The molecule has 0 spiro atoms. The zero-order valence-corrected chi connectivity index (χ0v) is 14.0. The maximum absolute atomic E-state index is 5.57. The molecule has 1 fully saturated rings. The summed E-state index contributed by atoms with van der Waals surface area (Å²) < 4.78 is 5.57. The highest BCUT2D eigenvalue weighted by Gasteiger charge is 2.20. The fraction of sp³-hybridized carbons (Fsp3) is 0.923. The summed E-state index contributed by atoms with van der Waals surface area (Å²) in [6.45, 7) is 8.61. The van der Waals surface area contributed by atoms with Gasteiger partial charge in [0, 0.05) is 26.2 Å². The third-order valence-electron chi connectivity index (χ3n) is 2.72. The lowest BCUT2D eigenvalue weighted by Gasteiger charge is -2.11. The minimum atomic E-state index is 0. The van der Waals surface area contributed by atoms with Crippen molar-refractivity contribution in [2.45, 2.75) is 39.5 Å². The van der Waals surface area contributed by atoms with E-state index in [0.29, 0.717) is 0 Å². The van der Waals surface area contributed by atoms with Crippen LogP contribution in [0.3, 0.4) is 0 Å². The van der Waals surface area contributed by atoms with Crippen LogP contribution in [0.2, 0.25) is 0 Å². The van der Waals surface area contributed by atoms with Crippen molar-refractivity contribution in [3.05, 3.63) is 0 Å². The standard InChI is InChI=1S/C13H27N3O.HI/c1-3-5-8-15-13(14-4-2)16-9-10-17-11-12-6-7-12;/h12H,3-11H2,1-2H3,(H2,14,15,16);1H. The number of nitrogens with zero attached hydrogens (tertiary/aromatic N) is 1. The molecular formula is C13H28IN3O. The lowest BCUT2D eigenvalue weighted by atomic mass is 10.3. The van der Waals surface area contributed by atoms with Crippen LogP contribution >= 0.6 is 24.0 Å². The predicted molar refractivity (Wildman–Crippen MR) is 87.8 cm³/mol. The van der Waals surface area contributed by atoms with E-state index >= 15 is 0 Å². The van der Waals surface area contributed by atoms with E-state index in [-0.39, 0.29) is 24.0 Å². The second-order valence-corrected chi connectivity index (χ2v) is 4.56. The summed E-state index contributed by atoms with van der Waals surface area (Å²) in [6.07, 6.45) is 5.05. The molecule has 4 nitrogen and oxygen atoms in total. The van der Waals surface area contributed by atoms with Gasteiger partial charge < -0.3 is 15.4 Å². The van der Waals surface area contributed by atoms with Crippen molar-refractivity contribution in [1.29, 1.82) is 0 Å². The Balaban J connectivity index is 0.00000289. The van der Waals surface area contributed by atoms with Gasteiger partial charge in [0.05, 0.1) is 6.61 Å². The first kappa shape index (κ1) is 18.0. The molecule has 0 atom stereocenters. The number of nitrogens with one attached hydrogen (secondary N) is 2. The Morgan fingerprint density at radius 1 is 1.28 bits per heavy atom. The van der Waals surface area contributed by atoms with Crippen molar-refractivity contribution >= 4 is 29.9 Å². The molecule has 0 aromatic carbocycles. The lowest BCUT2D eigenvalue weighted by Crippen LogP contribution is -2.39. The Hall–Kier alpha value is -0.0400. The third-order valence-corrected chi connectivity index (χ3v) is 2.72. The number of aliphatic imine (C=N–C) groups is 1. The molecular weight excluding hydrogens is 341 g/mol. The molecule has 1 aliphatic carbocycles. The molecule has 0 radical (unpaired) electrons. The zero-order chi connectivity index (χ0) is 12.3. The van der Waals surface area contributed by atoms with Gasteiger partial charge in [-0.25, -0.2) is 0 Å². The topological polar surface area (TPSA) is 45.7 Å². The third kappa shape index (κ3) is 9.94. The average molecular weight is 369 g/mol. The van der Waals surface area contributed by atoms with E-state index in [0.717, 1.165) is 51.1 Å². The van der Waals surface area contributed by atoms with Crippen LogP contribution in [0.5, 0.6) is 0 Å². The largest absolute Gasteiger partial charge is 0.379 e. The Kier molecular flexibility index (Phi) is 12.0. The van der Waals surface area contributed by atoms with E-state index in [1.807, 2.05) is 0 Å². The monoisotopic (exact) mass is 369 g/mol. The van der Waals surface area contributed by atoms with Crippen molar-refractivity contribution in [1.82, 2.24) is 10.6 Å². The van der Waals surface area contributed by atoms with Gasteiger partial charge in [-0.3, -0.25) is 4.99 Å². The smallest absolute Gasteiger partial charge is 0.191 e. The summed E-state index contributed by atoms with van der Waals surface area (Å²) in [7, 11) is 0. The number of hydrogen-bond acceptors (Lipinski definition) is 2. The molecule has 0 amide bonds. The molecule has 0 aromatic heterocycles. The van der Waals surface area contributed by atoms with E-state index in [1.165, 1.54) is 19.3 Å². The van der Waals surface area contributed by atoms with Crippen LogP contribution in [-0.4, -0.2) is 38.8 Å². The molecule has 0 heterocycles. The summed E-state index contributed by atoms with van der Waals surface area (Å²) in [4.78, 5) is 4.49. The fourth-order valence-electron chi connectivity index (χ4n) is 1.47. The van der Waals surface area contributed by atoms with Gasteiger partial charge in [0.15, 0.2) is 5.96 Å². The number of ether oxygens (including phenoxy) is 1. The number of unbranched alkanes of at least 4 members (excludes halogenated alkanes) is 1. The second kappa shape index (κ2) is 12.0. The molecule has 108 valence electrons. The SMILES string of the molecule is CCCCN=C(NCC)NCCOCC1CC1.I. The van der Waals surface area contributed by atoms with Crippen LogP contribution in [0.15, 0.2) is 4.99 Å². The first-order chi connectivity index (χ1) is 8.36. The lowest BCUT2D eigenvalue weighted by molar-refractivity contribution is 0.129. The Morgan fingerprint density at radius 2 is 2.06 bits per heavy atom. The van der Waals surface area contributed by atoms with Crippen molar-refractivity contribution < 1.29 is 4.74 Å². The van der Waals surface area contributed by atoms with Crippen LogP contribution in [0.25, 0.3) is 0 Å². The molecule has 0 saturated heterocycles. The minimum absolute atomic E-state index is 0.